The lowest BCUT2D eigenvalue weighted by Gasteiger charge is -2.19. The van der Waals surface area contributed by atoms with E-state index in [0.29, 0.717) is 0 Å². The summed E-state index contributed by atoms with van der Waals surface area (Å²) in [5.74, 6) is 1.06. The van der Waals surface area contributed by atoms with E-state index in [1.54, 1.807) is 13.4 Å². The van der Waals surface area contributed by atoms with E-state index >= 15 is 0 Å². The van der Waals surface area contributed by atoms with Crippen molar-refractivity contribution in [2.75, 3.05) is 33.4 Å². The highest BCUT2D eigenvalue weighted by Crippen LogP contribution is 2.13. The quantitative estimate of drug-likeness (QED) is 0.715. The van der Waals surface area contributed by atoms with Gasteiger partial charge in [0.15, 0.2) is 0 Å². The van der Waals surface area contributed by atoms with Crippen molar-refractivity contribution >= 4 is 0 Å². The predicted molar refractivity (Wildman–Crippen MR) is 68.9 cm³/mol. The third-order valence-electron chi connectivity index (χ3n) is 2.83. The molecular formula is C13H24N2O2. The second kappa shape index (κ2) is 8.28. The second-order valence-corrected chi connectivity index (χ2v) is 4.01. The number of rotatable bonds is 9. The molecule has 0 fully saturated rings. The van der Waals surface area contributed by atoms with E-state index in [9.17, 15) is 0 Å². The molecule has 1 rings (SSSR count). The fourth-order valence-electron chi connectivity index (χ4n) is 1.70. The Labute approximate surface area is 104 Å². The zero-order valence-electron chi connectivity index (χ0n) is 11.2. The van der Waals surface area contributed by atoms with Crippen molar-refractivity contribution in [2.45, 2.75) is 26.9 Å². The molecular weight excluding hydrogens is 216 g/mol. The van der Waals surface area contributed by atoms with Gasteiger partial charge in [0.05, 0.1) is 19.4 Å². The number of ether oxygens (including phenoxy) is 1. The number of likely N-dealkylation sites (N-methyl/N-ethyl adjacent to an activating group) is 1. The third-order valence-corrected chi connectivity index (χ3v) is 2.83. The molecule has 0 unspecified atom stereocenters. The standard InChI is InChI=1S/C13H24N2O2/c1-4-14-10-12-6-8-17-13(12)11-15(5-2)7-9-16-3/h6,8,14H,4-5,7,9-11H2,1-3H3. The highest BCUT2D eigenvalue weighted by atomic mass is 16.5. The van der Waals surface area contributed by atoms with Gasteiger partial charge in [-0.25, -0.2) is 0 Å². The predicted octanol–water partition coefficient (Wildman–Crippen LogP) is 1.86. The summed E-state index contributed by atoms with van der Waals surface area (Å²) in [5, 5.41) is 3.32. The minimum Gasteiger partial charge on any atom is -0.468 e. The van der Waals surface area contributed by atoms with Gasteiger partial charge < -0.3 is 14.5 Å². The summed E-state index contributed by atoms with van der Waals surface area (Å²) in [6, 6.07) is 2.04. The largest absolute Gasteiger partial charge is 0.468 e. The number of hydrogen-bond acceptors (Lipinski definition) is 4. The zero-order valence-corrected chi connectivity index (χ0v) is 11.2. The van der Waals surface area contributed by atoms with Gasteiger partial charge in [-0.15, -0.1) is 0 Å². The number of nitrogens with zero attached hydrogens (tertiary/aromatic N) is 1. The molecule has 4 heteroatoms. The summed E-state index contributed by atoms with van der Waals surface area (Å²) in [6.07, 6.45) is 1.77. The van der Waals surface area contributed by atoms with Crippen molar-refractivity contribution in [2.24, 2.45) is 0 Å². The van der Waals surface area contributed by atoms with Crippen molar-refractivity contribution in [1.29, 1.82) is 0 Å². The maximum atomic E-state index is 5.55. The summed E-state index contributed by atoms with van der Waals surface area (Å²) >= 11 is 0. The second-order valence-electron chi connectivity index (χ2n) is 4.01. The molecule has 0 aliphatic rings. The molecule has 17 heavy (non-hydrogen) atoms. The number of hydrogen-bond donors (Lipinski definition) is 1. The van der Waals surface area contributed by atoms with Gasteiger partial charge in [-0.1, -0.05) is 13.8 Å². The average Bonchev–Trinajstić information content (AvgIpc) is 2.79. The van der Waals surface area contributed by atoms with Crippen LogP contribution in [0.15, 0.2) is 16.7 Å². The summed E-state index contributed by atoms with van der Waals surface area (Å²) < 4.78 is 10.7. The highest BCUT2D eigenvalue weighted by Gasteiger charge is 2.10. The molecule has 0 bridgehead atoms. The van der Waals surface area contributed by atoms with Crippen LogP contribution >= 0.6 is 0 Å². The Hall–Kier alpha value is -0.840. The Morgan fingerprint density at radius 3 is 2.88 bits per heavy atom. The monoisotopic (exact) mass is 240 g/mol. The maximum absolute atomic E-state index is 5.55. The van der Waals surface area contributed by atoms with Crippen molar-refractivity contribution < 1.29 is 9.15 Å². The first-order chi connectivity index (χ1) is 8.31. The Balaban J connectivity index is 2.50. The van der Waals surface area contributed by atoms with Gasteiger partial charge in [0.25, 0.3) is 0 Å². The van der Waals surface area contributed by atoms with Gasteiger partial charge in [0.2, 0.25) is 0 Å². The van der Waals surface area contributed by atoms with Crippen LogP contribution in [-0.2, 0) is 17.8 Å². The average molecular weight is 240 g/mol. The van der Waals surface area contributed by atoms with Crippen molar-refractivity contribution in [1.82, 2.24) is 10.2 Å². The SMILES string of the molecule is CCNCc1ccoc1CN(CC)CCOC. The van der Waals surface area contributed by atoms with Crippen LogP contribution in [-0.4, -0.2) is 38.3 Å². The summed E-state index contributed by atoms with van der Waals surface area (Å²) in [6.45, 7) is 9.68. The van der Waals surface area contributed by atoms with Gasteiger partial charge in [0, 0.05) is 25.8 Å². The Bertz CT molecular complexity index is 299. The van der Waals surface area contributed by atoms with Gasteiger partial charge in [-0.05, 0) is 19.2 Å². The molecule has 0 spiro atoms. The lowest BCUT2D eigenvalue weighted by molar-refractivity contribution is 0.142. The smallest absolute Gasteiger partial charge is 0.122 e. The fourth-order valence-corrected chi connectivity index (χ4v) is 1.70. The van der Waals surface area contributed by atoms with E-state index in [2.05, 4.69) is 24.1 Å². The minimum absolute atomic E-state index is 0.761. The minimum atomic E-state index is 0.761. The van der Waals surface area contributed by atoms with E-state index in [4.69, 9.17) is 9.15 Å². The van der Waals surface area contributed by atoms with Crippen LogP contribution in [0, 0.1) is 0 Å². The molecule has 1 aromatic heterocycles. The molecule has 1 N–H and O–H groups in total. The van der Waals surface area contributed by atoms with Crippen molar-refractivity contribution in [3.05, 3.63) is 23.7 Å². The molecule has 1 aromatic rings. The molecule has 0 saturated carbocycles. The van der Waals surface area contributed by atoms with Crippen LogP contribution in [0.25, 0.3) is 0 Å². The van der Waals surface area contributed by atoms with E-state index in [0.717, 1.165) is 45.1 Å². The van der Waals surface area contributed by atoms with Crippen molar-refractivity contribution in [3.63, 3.8) is 0 Å². The van der Waals surface area contributed by atoms with E-state index in [1.807, 2.05) is 6.07 Å². The van der Waals surface area contributed by atoms with Gasteiger partial charge >= 0.3 is 0 Å². The topological polar surface area (TPSA) is 37.6 Å². The Morgan fingerprint density at radius 1 is 1.41 bits per heavy atom. The molecule has 0 aliphatic heterocycles. The Kier molecular flexibility index (Phi) is 6.93. The van der Waals surface area contributed by atoms with Crippen LogP contribution in [0.1, 0.15) is 25.2 Å². The molecule has 1 heterocycles. The van der Waals surface area contributed by atoms with Crippen LogP contribution in [0.3, 0.4) is 0 Å². The van der Waals surface area contributed by atoms with E-state index in [1.165, 1.54) is 5.56 Å². The number of methoxy groups -OCH3 is 1. The molecule has 0 radical (unpaired) electrons. The first kappa shape index (κ1) is 14.2. The molecule has 0 amide bonds. The van der Waals surface area contributed by atoms with Crippen LogP contribution in [0.2, 0.25) is 0 Å². The van der Waals surface area contributed by atoms with Crippen LogP contribution < -0.4 is 5.32 Å². The van der Waals surface area contributed by atoms with E-state index < -0.39 is 0 Å². The van der Waals surface area contributed by atoms with Crippen LogP contribution in [0.5, 0.6) is 0 Å². The number of furan rings is 1. The molecule has 0 aromatic carbocycles. The zero-order chi connectivity index (χ0) is 12.5. The van der Waals surface area contributed by atoms with Crippen molar-refractivity contribution in [3.8, 4) is 0 Å². The summed E-state index contributed by atoms with van der Waals surface area (Å²) in [7, 11) is 1.73. The Morgan fingerprint density at radius 2 is 2.24 bits per heavy atom. The number of nitrogens with one attached hydrogen (secondary N) is 1. The molecule has 0 aliphatic carbocycles. The summed E-state index contributed by atoms with van der Waals surface area (Å²) in [5.41, 5.74) is 1.25. The first-order valence-electron chi connectivity index (χ1n) is 6.29. The lowest BCUT2D eigenvalue weighted by atomic mass is 10.2. The normalized spacial score (nSPS) is 11.3. The van der Waals surface area contributed by atoms with Gasteiger partial charge in [0.1, 0.15) is 5.76 Å². The lowest BCUT2D eigenvalue weighted by Crippen LogP contribution is -2.27. The maximum Gasteiger partial charge on any atom is 0.122 e. The molecule has 0 atom stereocenters. The third kappa shape index (κ3) is 4.89. The van der Waals surface area contributed by atoms with E-state index in [-0.39, 0.29) is 0 Å². The fraction of sp³-hybridized carbons (Fsp3) is 0.692. The van der Waals surface area contributed by atoms with Gasteiger partial charge in [-0.3, -0.25) is 4.90 Å². The molecule has 98 valence electrons. The van der Waals surface area contributed by atoms with Crippen LogP contribution in [0.4, 0.5) is 0 Å². The molecule has 4 nitrogen and oxygen atoms in total. The molecule has 0 saturated heterocycles. The first-order valence-corrected chi connectivity index (χ1v) is 6.29. The highest BCUT2D eigenvalue weighted by molar-refractivity contribution is 5.16. The van der Waals surface area contributed by atoms with Gasteiger partial charge in [-0.2, -0.15) is 0 Å². The summed E-state index contributed by atoms with van der Waals surface area (Å²) in [4.78, 5) is 2.32.